The summed E-state index contributed by atoms with van der Waals surface area (Å²) in [5, 5.41) is 7.66. The molecule has 0 saturated carbocycles. The maximum Gasteiger partial charge on any atom is 0.433 e. The van der Waals surface area contributed by atoms with E-state index in [0.717, 1.165) is 23.7 Å². The topological polar surface area (TPSA) is 48.3 Å². The Balaban J connectivity index is 1.85. The highest BCUT2D eigenvalue weighted by Gasteiger charge is 2.35. The maximum absolute atomic E-state index is 12.8. The van der Waals surface area contributed by atoms with Gasteiger partial charge in [-0.2, -0.15) is 18.3 Å². The lowest BCUT2D eigenvalue weighted by Crippen LogP contribution is -2.21. The summed E-state index contributed by atoms with van der Waals surface area (Å²) in [6.45, 7) is 4.46. The number of ether oxygens (including phenoxy) is 2. The van der Waals surface area contributed by atoms with Crippen LogP contribution in [-0.4, -0.2) is 36.3 Å². The molecule has 0 aliphatic carbocycles. The molecule has 1 N–H and O–H groups in total. The molecule has 0 spiro atoms. The number of aromatic nitrogens is 2. The van der Waals surface area contributed by atoms with Gasteiger partial charge < -0.3 is 9.47 Å². The maximum atomic E-state index is 12.8. The van der Waals surface area contributed by atoms with Gasteiger partial charge in [-0.15, -0.1) is 0 Å². The van der Waals surface area contributed by atoms with Crippen molar-refractivity contribution in [3.8, 4) is 15.6 Å². The van der Waals surface area contributed by atoms with E-state index in [1.807, 2.05) is 6.92 Å². The molecule has 0 bridgehead atoms. The molecule has 134 valence electrons. The number of hydrogen-bond acceptors (Lipinski definition) is 5. The van der Waals surface area contributed by atoms with E-state index < -0.39 is 11.9 Å². The summed E-state index contributed by atoms with van der Waals surface area (Å²) in [5.41, 5.74) is -0.487. The van der Waals surface area contributed by atoms with Crippen LogP contribution in [0.4, 0.5) is 13.2 Å². The summed E-state index contributed by atoms with van der Waals surface area (Å²) in [5.74, 6) is 0. The third-order valence-electron chi connectivity index (χ3n) is 3.17. The molecule has 2 rings (SSSR count). The monoisotopic (exact) mass is 363 g/mol. The van der Waals surface area contributed by atoms with Gasteiger partial charge in [0.2, 0.25) is 0 Å². The molecule has 0 aromatic carbocycles. The summed E-state index contributed by atoms with van der Waals surface area (Å²) >= 11 is 1.26. The summed E-state index contributed by atoms with van der Waals surface area (Å²) in [4.78, 5) is 0.632. The van der Waals surface area contributed by atoms with Gasteiger partial charge >= 0.3 is 6.18 Å². The first kappa shape index (κ1) is 18.8. The molecule has 2 heterocycles. The van der Waals surface area contributed by atoms with Crippen LogP contribution in [0, 0.1) is 0 Å². The van der Waals surface area contributed by atoms with E-state index in [1.54, 1.807) is 12.1 Å². The zero-order valence-corrected chi connectivity index (χ0v) is 14.3. The Morgan fingerprint density at radius 2 is 2.12 bits per heavy atom. The molecule has 2 aromatic rings. The van der Waals surface area contributed by atoms with Crippen molar-refractivity contribution in [1.29, 1.82) is 0 Å². The molecule has 9 heteroatoms. The van der Waals surface area contributed by atoms with Crippen LogP contribution in [0.15, 0.2) is 18.2 Å². The van der Waals surface area contributed by atoms with Crippen LogP contribution in [0.25, 0.3) is 10.6 Å². The largest absolute Gasteiger partial charge is 0.469 e. The van der Waals surface area contributed by atoms with Gasteiger partial charge in [-0.05, 0) is 31.5 Å². The predicted octanol–water partition coefficient (Wildman–Crippen LogP) is 3.52. The summed E-state index contributed by atoms with van der Waals surface area (Å²) in [6, 6.07) is 4.48. The van der Waals surface area contributed by atoms with Crippen molar-refractivity contribution in [2.45, 2.75) is 19.5 Å². The molecule has 0 unspecified atom stereocenters. The number of halogens is 3. The van der Waals surface area contributed by atoms with Gasteiger partial charge in [0, 0.05) is 26.8 Å². The lowest BCUT2D eigenvalue weighted by molar-refractivity contribution is -0.143. The minimum atomic E-state index is -4.41. The van der Waals surface area contributed by atoms with Crippen molar-refractivity contribution in [2.75, 3.05) is 26.5 Å². The fourth-order valence-electron chi connectivity index (χ4n) is 2.03. The number of nitrogens with one attached hydrogen (secondary N) is 1. The lowest BCUT2D eigenvalue weighted by Gasteiger charge is -2.05. The average molecular weight is 363 g/mol. The Kier molecular flexibility index (Phi) is 6.64. The van der Waals surface area contributed by atoms with Crippen LogP contribution in [0.3, 0.4) is 0 Å². The van der Waals surface area contributed by atoms with Crippen LogP contribution < -0.4 is 10.1 Å². The number of alkyl halides is 3. The third kappa shape index (κ3) is 5.22. The van der Waals surface area contributed by atoms with E-state index in [2.05, 4.69) is 10.4 Å². The Labute approximate surface area is 142 Å². The van der Waals surface area contributed by atoms with Gasteiger partial charge in [-0.3, -0.25) is 10.00 Å². The van der Waals surface area contributed by atoms with Crippen LogP contribution in [0.5, 0.6) is 5.06 Å². The Morgan fingerprint density at radius 1 is 1.33 bits per heavy atom. The first-order chi connectivity index (χ1) is 11.4. The summed E-state index contributed by atoms with van der Waals surface area (Å²) < 4.78 is 50.0. The Hall–Kier alpha value is -1.58. The third-order valence-corrected chi connectivity index (χ3v) is 4.19. The molecule has 0 radical (unpaired) electrons. The van der Waals surface area contributed by atoms with E-state index in [0.29, 0.717) is 29.9 Å². The predicted molar refractivity (Wildman–Crippen MR) is 86.1 cm³/mol. The van der Waals surface area contributed by atoms with Gasteiger partial charge in [0.05, 0.1) is 4.88 Å². The molecule has 0 amide bonds. The Morgan fingerprint density at radius 3 is 2.79 bits per heavy atom. The van der Waals surface area contributed by atoms with Crippen molar-refractivity contribution < 1.29 is 22.6 Å². The molecule has 5 nitrogen and oxygen atoms in total. The molecule has 0 saturated heterocycles. The molecule has 2 aromatic heterocycles. The molecule has 0 fully saturated rings. The molecule has 0 aliphatic heterocycles. The fourth-order valence-corrected chi connectivity index (χ4v) is 2.84. The Bertz CT molecular complexity index is 640. The normalized spacial score (nSPS) is 11.9. The number of hydrogen-bond donors (Lipinski definition) is 1. The van der Waals surface area contributed by atoms with Gasteiger partial charge in [-0.25, -0.2) is 0 Å². The second-order valence-electron chi connectivity index (χ2n) is 4.99. The molecular weight excluding hydrogens is 343 g/mol. The highest BCUT2D eigenvalue weighted by atomic mass is 32.1. The van der Waals surface area contributed by atoms with E-state index in [-0.39, 0.29) is 5.69 Å². The molecule has 24 heavy (non-hydrogen) atoms. The second kappa shape index (κ2) is 8.50. The first-order valence-electron chi connectivity index (χ1n) is 7.54. The standard InChI is InChI=1S/C15H20F3N3O2S/c1-3-22-8-4-7-19-10-23-14-6-5-12(24-14)11-9-13(15(16,17)18)21(2)20-11/h5-6,9,19H,3-4,7-8,10H2,1-2H3. The van der Waals surface area contributed by atoms with E-state index in [9.17, 15) is 13.2 Å². The van der Waals surface area contributed by atoms with Crippen LogP contribution in [-0.2, 0) is 18.0 Å². The van der Waals surface area contributed by atoms with E-state index in [1.165, 1.54) is 18.4 Å². The molecular formula is C15H20F3N3O2S. The summed E-state index contributed by atoms with van der Waals surface area (Å²) in [7, 11) is 1.28. The van der Waals surface area contributed by atoms with Crippen LogP contribution in [0.2, 0.25) is 0 Å². The lowest BCUT2D eigenvalue weighted by atomic mass is 10.3. The number of thiophene rings is 1. The van der Waals surface area contributed by atoms with Gasteiger partial charge in [0.25, 0.3) is 0 Å². The highest BCUT2D eigenvalue weighted by Crippen LogP contribution is 2.36. The summed E-state index contributed by atoms with van der Waals surface area (Å²) in [6.07, 6.45) is -3.52. The van der Waals surface area contributed by atoms with E-state index >= 15 is 0 Å². The van der Waals surface area contributed by atoms with Crippen molar-refractivity contribution in [1.82, 2.24) is 15.1 Å². The number of nitrogens with zero attached hydrogens (tertiary/aromatic N) is 2. The molecule has 0 atom stereocenters. The minimum absolute atomic E-state index is 0.286. The van der Waals surface area contributed by atoms with Crippen molar-refractivity contribution in [3.05, 3.63) is 23.9 Å². The second-order valence-corrected chi connectivity index (χ2v) is 6.04. The number of rotatable bonds is 9. The van der Waals surface area contributed by atoms with Crippen LogP contribution in [0.1, 0.15) is 19.0 Å². The van der Waals surface area contributed by atoms with Gasteiger partial charge in [-0.1, -0.05) is 11.3 Å². The minimum Gasteiger partial charge on any atom is -0.469 e. The number of aryl methyl sites for hydroxylation is 1. The van der Waals surface area contributed by atoms with Crippen molar-refractivity contribution in [3.63, 3.8) is 0 Å². The molecule has 0 aliphatic rings. The average Bonchev–Trinajstić information content (AvgIpc) is 3.12. The zero-order valence-electron chi connectivity index (χ0n) is 13.5. The smallest absolute Gasteiger partial charge is 0.433 e. The van der Waals surface area contributed by atoms with E-state index in [4.69, 9.17) is 9.47 Å². The van der Waals surface area contributed by atoms with Crippen molar-refractivity contribution >= 4 is 11.3 Å². The first-order valence-corrected chi connectivity index (χ1v) is 8.36. The highest BCUT2D eigenvalue weighted by molar-refractivity contribution is 7.17. The van der Waals surface area contributed by atoms with Crippen molar-refractivity contribution in [2.24, 2.45) is 7.05 Å². The van der Waals surface area contributed by atoms with Gasteiger partial charge in [0.15, 0.2) is 5.06 Å². The quantitative estimate of drug-likeness (QED) is 0.547. The van der Waals surface area contributed by atoms with Gasteiger partial charge in [0.1, 0.15) is 18.1 Å². The fraction of sp³-hybridized carbons (Fsp3) is 0.533. The SMILES string of the molecule is CCOCCCNCOc1ccc(-c2cc(C(F)(F)F)n(C)n2)s1. The van der Waals surface area contributed by atoms with Crippen LogP contribution >= 0.6 is 11.3 Å². The zero-order chi connectivity index (χ0) is 17.6.